The van der Waals surface area contributed by atoms with E-state index >= 15 is 0 Å². The van der Waals surface area contributed by atoms with E-state index in [1.165, 1.54) is 47.0 Å². The Morgan fingerprint density at radius 3 is 2.02 bits per heavy atom. The lowest BCUT2D eigenvalue weighted by Crippen LogP contribution is -2.59. The maximum atomic E-state index is 14.4. The third-order valence-electron chi connectivity index (χ3n) is 10.7. The van der Waals surface area contributed by atoms with Gasteiger partial charge in [-0.25, -0.2) is 0 Å². The number of ether oxygens (including phenoxy) is 3. The molecule has 0 spiro atoms. The summed E-state index contributed by atoms with van der Waals surface area (Å²) in [6.07, 6.45) is 0.450. The molecule has 0 bridgehead atoms. The van der Waals surface area contributed by atoms with Crippen LogP contribution in [0.3, 0.4) is 0 Å². The number of benzene rings is 2. The number of fused-ring (bicyclic) bond motifs is 1. The molecule has 1 fully saturated rings. The number of amides is 7. The third-order valence-corrected chi connectivity index (χ3v) is 10.7. The molecular weight excluding hydrogens is 819 g/mol. The van der Waals surface area contributed by atoms with E-state index in [1.807, 2.05) is 13.8 Å². The standard InChI is InChI=1S/C44H59N7O12/c1-22(2)19-30(49-43(58)35-24(4)29-16-17-34(61-8)37(62-9)36(29)63-35)40(55)47-26(6)39(54)50-32(21-27-12-14-28(60-7)15-13-27)44(59)51-18-10-11-33(51)42(57)48-31(20-23(3)52)41(56)46-25(5)38(45)53/h12-17,22,25-26,30-33H,10-11,18-21H2,1-9H3,(H2,45,53)(H,46,56)(H,47,55)(H,48,57)(H,49,58)(H,50,54)/t25-,26-,30-,31-,32-,33-/m0/s1. The summed E-state index contributed by atoms with van der Waals surface area (Å²) in [7, 11) is 4.43. The molecule has 1 aromatic heterocycles. The van der Waals surface area contributed by atoms with Gasteiger partial charge in [0.15, 0.2) is 17.1 Å². The number of methoxy groups -OCH3 is 3. The van der Waals surface area contributed by atoms with Gasteiger partial charge in [-0.05, 0) is 82.7 Å². The highest BCUT2D eigenvalue weighted by atomic mass is 16.5. The van der Waals surface area contributed by atoms with Crippen LogP contribution < -0.4 is 46.5 Å². The Morgan fingerprint density at radius 1 is 0.778 bits per heavy atom. The Balaban J connectivity index is 1.53. The summed E-state index contributed by atoms with van der Waals surface area (Å²) in [5.41, 5.74) is 6.73. The Labute approximate surface area is 365 Å². The van der Waals surface area contributed by atoms with Crippen molar-refractivity contribution in [2.24, 2.45) is 11.7 Å². The molecular formula is C44H59N7O12. The van der Waals surface area contributed by atoms with Crippen molar-refractivity contribution in [1.82, 2.24) is 31.5 Å². The molecule has 19 heteroatoms. The lowest BCUT2D eigenvalue weighted by atomic mass is 10.0. The van der Waals surface area contributed by atoms with Gasteiger partial charge in [-0.3, -0.25) is 38.4 Å². The maximum absolute atomic E-state index is 14.4. The Kier molecular flexibility index (Phi) is 17.0. The van der Waals surface area contributed by atoms with Crippen molar-refractivity contribution in [3.8, 4) is 17.2 Å². The number of furan rings is 1. The van der Waals surface area contributed by atoms with Crippen molar-refractivity contribution in [1.29, 1.82) is 0 Å². The van der Waals surface area contributed by atoms with Gasteiger partial charge in [-0.2, -0.15) is 0 Å². The van der Waals surface area contributed by atoms with Gasteiger partial charge in [0, 0.05) is 30.3 Å². The first kappa shape index (κ1) is 49.0. The fourth-order valence-electron chi connectivity index (χ4n) is 7.27. The fourth-order valence-corrected chi connectivity index (χ4v) is 7.27. The number of nitrogens with zero attached hydrogens (tertiary/aromatic N) is 1. The average Bonchev–Trinajstić information content (AvgIpc) is 3.87. The number of hydrogen-bond donors (Lipinski definition) is 6. The molecule has 2 aromatic carbocycles. The maximum Gasteiger partial charge on any atom is 0.287 e. The second-order valence-corrected chi connectivity index (χ2v) is 16.0. The predicted molar refractivity (Wildman–Crippen MR) is 230 cm³/mol. The number of aryl methyl sites for hydroxylation is 1. The zero-order chi connectivity index (χ0) is 46.7. The van der Waals surface area contributed by atoms with Crippen molar-refractivity contribution in [2.75, 3.05) is 27.9 Å². The molecule has 0 radical (unpaired) electrons. The van der Waals surface area contributed by atoms with E-state index < -0.39 is 83.4 Å². The van der Waals surface area contributed by atoms with Crippen molar-refractivity contribution in [2.45, 2.75) is 110 Å². The van der Waals surface area contributed by atoms with Crippen LogP contribution in [0.5, 0.6) is 17.2 Å². The molecule has 3 aromatic rings. The van der Waals surface area contributed by atoms with E-state index in [2.05, 4.69) is 26.6 Å². The summed E-state index contributed by atoms with van der Waals surface area (Å²) in [4.78, 5) is 107. The number of likely N-dealkylation sites (tertiary alicyclic amines) is 1. The van der Waals surface area contributed by atoms with Crippen LogP contribution in [-0.2, 0) is 40.0 Å². The molecule has 0 saturated carbocycles. The van der Waals surface area contributed by atoms with Crippen LogP contribution in [0.2, 0.25) is 0 Å². The van der Waals surface area contributed by atoms with E-state index in [4.69, 9.17) is 24.4 Å². The molecule has 6 atom stereocenters. The van der Waals surface area contributed by atoms with E-state index in [0.29, 0.717) is 45.8 Å². The molecule has 4 rings (SSSR count). The quantitative estimate of drug-likeness (QED) is 0.0891. The molecule has 0 unspecified atom stereocenters. The Bertz CT molecular complexity index is 2190. The van der Waals surface area contributed by atoms with Gasteiger partial charge in [0.2, 0.25) is 41.2 Å². The molecule has 7 N–H and O–H groups in total. The zero-order valence-corrected chi connectivity index (χ0v) is 37.2. The van der Waals surface area contributed by atoms with Gasteiger partial charge in [0.1, 0.15) is 47.8 Å². The molecule has 342 valence electrons. The second-order valence-electron chi connectivity index (χ2n) is 16.0. The van der Waals surface area contributed by atoms with E-state index in [-0.39, 0.29) is 43.9 Å². The fraction of sp³-hybridized carbons (Fsp3) is 0.500. The van der Waals surface area contributed by atoms with Gasteiger partial charge < -0.3 is 55.8 Å². The molecule has 1 saturated heterocycles. The number of rotatable bonds is 21. The number of nitrogens with two attached hydrogens (primary N) is 1. The summed E-state index contributed by atoms with van der Waals surface area (Å²) in [5.74, 6) is -4.21. The van der Waals surface area contributed by atoms with Gasteiger partial charge in [-0.1, -0.05) is 26.0 Å². The number of carbonyl (C=O) groups excluding carboxylic acids is 8. The number of carbonyl (C=O) groups is 8. The SMILES string of the molecule is COc1ccc(C[C@H](NC(=O)[C@H](C)NC(=O)[C@H](CC(C)C)NC(=O)c2oc3c(OC)c(OC)ccc3c2C)C(=O)N2CCC[C@H]2C(=O)N[C@@H](CC(C)=O)C(=O)N[C@@H](C)C(N)=O)cc1. The smallest absolute Gasteiger partial charge is 0.287 e. The highest BCUT2D eigenvalue weighted by molar-refractivity contribution is 6.03. The molecule has 2 heterocycles. The van der Waals surface area contributed by atoms with Gasteiger partial charge in [-0.15, -0.1) is 0 Å². The van der Waals surface area contributed by atoms with Crippen LogP contribution in [0.1, 0.15) is 82.0 Å². The summed E-state index contributed by atoms with van der Waals surface area (Å²) in [6.45, 7) is 9.62. The number of primary amides is 1. The molecule has 0 aliphatic carbocycles. The third kappa shape index (κ3) is 12.5. The topological polar surface area (TPSA) is 267 Å². The number of hydrogen-bond acceptors (Lipinski definition) is 12. The number of nitrogens with one attached hydrogen (secondary N) is 5. The van der Waals surface area contributed by atoms with E-state index in [1.54, 1.807) is 43.3 Å². The lowest BCUT2D eigenvalue weighted by molar-refractivity contribution is -0.142. The largest absolute Gasteiger partial charge is 0.497 e. The monoisotopic (exact) mass is 877 g/mol. The number of ketones is 1. The first-order chi connectivity index (χ1) is 29.8. The van der Waals surface area contributed by atoms with Crippen LogP contribution in [0, 0.1) is 12.8 Å². The Hall–Kier alpha value is -6.66. The summed E-state index contributed by atoms with van der Waals surface area (Å²) < 4.78 is 22.1. The molecule has 7 amide bonds. The highest BCUT2D eigenvalue weighted by Gasteiger charge is 2.40. The highest BCUT2D eigenvalue weighted by Crippen LogP contribution is 2.39. The van der Waals surface area contributed by atoms with Gasteiger partial charge in [0.25, 0.3) is 5.91 Å². The van der Waals surface area contributed by atoms with Crippen molar-refractivity contribution in [3.63, 3.8) is 0 Å². The van der Waals surface area contributed by atoms with E-state index in [0.717, 1.165) is 0 Å². The lowest BCUT2D eigenvalue weighted by Gasteiger charge is -2.30. The van der Waals surface area contributed by atoms with Crippen molar-refractivity contribution < 1.29 is 57.0 Å². The second kappa shape index (κ2) is 21.9. The van der Waals surface area contributed by atoms with Crippen LogP contribution in [0.4, 0.5) is 0 Å². The van der Waals surface area contributed by atoms with Crippen LogP contribution in [0.15, 0.2) is 40.8 Å². The van der Waals surface area contributed by atoms with Gasteiger partial charge >= 0.3 is 0 Å². The molecule has 1 aliphatic heterocycles. The average molecular weight is 878 g/mol. The molecule has 63 heavy (non-hydrogen) atoms. The van der Waals surface area contributed by atoms with Crippen molar-refractivity contribution in [3.05, 3.63) is 53.3 Å². The summed E-state index contributed by atoms with van der Waals surface area (Å²) >= 11 is 0. The molecule has 1 aliphatic rings. The minimum Gasteiger partial charge on any atom is -0.497 e. The Morgan fingerprint density at radius 2 is 1.43 bits per heavy atom. The van der Waals surface area contributed by atoms with Crippen LogP contribution >= 0.6 is 0 Å². The van der Waals surface area contributed by atoms with E-state index in [9.17, 15) is 38.4 Å². The summed E-state index contributed by atoms with van der Waals surface area (Å²) in [5, 5.41) is 13.7. The van der Waals surface area contributed by atoms with Crippen LogP contribution in [0.25, 0.3) is 11.0 Å². The van der Waals surface area contributed by atoms with Crippen molar-refractivity contribution >= 4 is 58.1 Å². The van der Waals surface area contributed by atoms with Gasteiger partial charge in [0.05, 0.1) is 21.3 Å². The minimum atomic E-state index is -1.35. The first-order valence-electron chi connectivity index (χ1n) is 20.7. The molecule has 19 nitrogen and oxygen atoms in total. The normalized spacial score (nSPS) is 15.9. The minimum absolute atomic E-state index is 0.0139. The van der Waals surface area contributed by atoms with Crippen LogP contribution in [-0.4, -0.2) is 116 Å². The first-order valence-corrected chi connectivity index (χ1v) is 20.7. The number of Topliss-reactive ketones (excluding diaryl/α,β-unsaturated/α-hetero) is 1. The predicted octanol–water partition coefficient (Wildman–Crippen LogP) is 1.59. The summed E-state index contributed by atoms with van der Waals surface area (Å²) in [6, 6.07) is 3.22. The zero-order valence-electron chi connectivity index (χ0n) is 37.2.